The summed E-state index contributed by atoms with van der Waals surface area (Å²) in [5.74, 6) is -1.96. The second kappa shape index (κ2) is 8.27. The fourth-order valence-electron chi connectivity index (χ4n) is 1.91. The Kier molecular flexibility index (Phi) is 6.69. The van der Waals surface area contributed by atoms with Gasteiger partial charge in [0, 0.05) is 19.3 Å². The third kappa shape index (κ3) is 4.21. The molecule has 0 unspecified atom stereocenters. The van der Waals surface area contributed by atoms with Crippen LogP contribution in [0.3, 0.4) is 0 Å². The maximum absolute atomic E-state index is 11.9. The SMILES string of the molecule is CN1C(=O)C(=O)N(CC(=O)Nc2ccc(OCCN)cc2)C1=O.Cl. The van der Waals surface area contributed by atoms with Crippen molar-refractivity contribution in [1.82, 2.24) is 9.80 Å². The van der Waals surface area contributed by atoms with Gasteiger partial charge in [-0.05, 0) is 24.3 Å². The van der Waals surface area contributed by atoms with Crippen molar-refractivity contribution in [3.63, 3.8) is 0 Å². The molecule has 3 N–H and O–H groups in total. The van der Waals surface area contributed by atoms with Crippen molar-refractivity contribution >= 4 is 41.8 Å². The number of nitrogens with zero attached hydrogens (tertiary/aromatic N) is 2. The summed E-state index contributed by atoms with van der Waals surface area (Å²) in [7, 11) is 1.18. The van der Waals surface area contributed by atoms with Gasteiger partial charge in [0.15, 0.2) is 0 Å². The zero-order valence-corrected chi connectivity index (χ0v) is 13.7. The molecule has 0 spiro atoms. The van der Waals surface area contributed by atoms with E-state index in [-0.39, 0.29) is 12.4 Å². The molecule has 2 rings (SSSR count). The molecule has 0 radical (unpaired) electrons. The van der Waals surface area contributed by atoms with E-state index in [2.05, 4.69) is 5.32 Å². The predicted molar refractivity (Wildman–Crippen MR) is 86.7 cm³/mol. The van der Waals surface area contributed by atoms with Crippen molar-refractivity contribution in [2.24, 2.45) is 5.73 Å². The summed E-state index contributed by atoms with van der Waals surface area (Å²) in [4.78, 5) is 47.7. The highest BCUT2D eigenvalue weighted by atomic mass is 35.5. The third-order valence-electron chi connectivity index (χ3n) is 3.08. The first-order chi connectivity index (χ1) is 10.9. The normalized spacial score (nSPS) is 13.8. The minimum Gasteiger partial charge on any atom is -0.492 e. The molecule has 9 nitrogen and oxygen atoms in total. The molecule has 0 aromatic heterocycles. The van der Waals surface area contributed by atoms with Crippen molar-refractivity contribution in [2.75, 3.05) is 32.1 Å². The molecule has 1 aliphatic heterocycles. The number of hydrogen-bond donors (Lipinski definition) is 2. The molecule has 1 aromatic carbocycles. The number of carbonyl (C=O) groups is 4. The molecule has 130 valence electrons. The van der Waals surface area contributed by atoms with Gasteiger partial charge in [-0.15, -0.1) is 12.4 Å². The second-order valence-electron chi connectivity index (χ2n) is 4.75. The van der Waals surface area contributed by atoms with Crippen LogP contribution in [0.15, 0.2) is 24.3 Å². The Morgan fingerprint density at radius 3 is 2.29 bits per heavy atom. The van der Waals surface area contributed by atoms with E-state index in [1.54, 1.807) is 24.3 Å². The van der Waals surface area contributed by atoms with E-state index in [9.17, 15) is 19.2 Å². The maximum atomic E-state index is 11.9. The van der Waals surface area contributed by atoms with E-state index >= 15 is 0 Å². The molecular weight excluding hydrogens is 340 g/mol. The number of imide groups is 2. The Morgan fingerprint density at radius 2 is 1.79 bits per heavy atom. The molecule has 1 fully saturated rings. The number of rotatable bonds is 6. The topological polar surface area (TPSA) is 122 Å². The minimum absolute atomic E-state index is 0. The van der Waals surface area contributed by atoms with Gasteiger partial charge in [-0.3, -0.25) is 19.3 Å². The monoisotopic (exact) mass is 356 g/mol. The van der Waals surface area contributed by atoms with Crippen molar-refractivity contribution in [3.8, 4) is 5.75 Å². The van der Waals surface area contributed by atoms with Gasteiger partial charge in [0.1, 0.15) is 18.9 Å². The number of benzene rings is 1. The number of halogens is 1. The number of amides is 5. The standard InChI is InChI=1S/C14H16N4O5.ClH/c1-17-12(20)13(21)18(14(17)22)8-11(19)16-9-2-4-10(5-3-9)23-7-6-15;/h2-5H,6-8,15H2,1H3,(H,16,19);1H. The summed E-state index contributed by atoms with van der Waals surface area (Å²) in [6, 6.07) is 5.69. The van der Waals surface area contributed by atoms with Gasteiger partial charge in [0.05, 0.1) is 0 Å². The van der Waals surface area contributed by atoms with Crippen molar-refractivity contribution in [1.29, 1.82) is 0 Å². The van der Waals surface area contributed by atoms with Crippen LogP contribution in [-0.2, 0) is 14.4 Å². The van der Waals surface area contributed by atoms with Crippen LogP contribution in [0.5, 0.6) is 5.75 Å². The van der Waals surface area contributed by atoms with Crippen LogP contribution in [0, 0.1) is 0 Å². The fourth-order valence-corrected chi connectivity index (χ4v) is 1.91. The quantitative estimate of drug-likeness (QED) is 0.538. The van der Waals surface area contributed by atoms with Crippen LogP contribution < -0.4 is 15.8 Å². The lowest BCUT2D eigenvalue weighted by Crippen LogP contribution is -2.38. The number of urea groups is 1. The van der Waals surface area contributed by atoms with E-state index in [1.165, 1.54) is 7.05 Å². The number of anilines is 1. The van der Waals surface area contributed by atoms with Gasteiger partial charge < -0.3 is 15.8 Å². The minimum atomic E-state index is -1.02. The molecule has 1 heterocycles. The Bertz CT molecular complexity index is 649. The van der Waals surface area contributed by atoms with Crippen LogP contribution in [0.2, 0.25) is 0 Å². The van der Waals surface area contributed by atoms with Gasteiger partial charge >= 0.3 is 17.8 Å². The van der Waals surface area contributed by atoms with Gasteiger partial charge in [-0.25, -0.2) is 9.69 Å². The van der Waals surface area contributed by atoms with Crippen molar-refractivity contribution in [2.45, 2.75) is 0 Å². The van der Waals surface area contributed by atoms with E-state index in [1.807, 2.05) is 0 Å². The van der Waals surface area contributed by atoms with Crippen molar-refractivity contribution < 1.29 is 23.9 Å². The summed E-state index contributed by atoms with van der Waals surface area (Å²) in [5, 5.41) is 2.53. The van der Waals surface area contributed by atoms with Crippen LogP contribution in [0.4, 0.5) is 10.5 Å². The molecule has 5 amide bonds. The smallest absolute Gasteiger partial charge is 0.334 e. The molecule has 1 saturated heterocycles. The lowest BCUT2D eigenvalue weighted by Gasteiger charge is -2.13. The highest BCUT2D eigenvalue weighted by Crippen LogP contribution is 2.16. The predicted octanol–water partition coefficient (Wildman–Crippen LogP) is -0.195. The first-order valence-corrected chi connectivity index (χ1v) is 6.80. The molecule has 10 heteroatoms. The zero-order valence-electron chi connectivity index (χ0n) is 12.9. The van der Waals surface area contributed by atoms with Gasteiger partial charge in [-0.2, -0.15) is 0 Å². The van der Waals surface area contributed by atoms with E-state index in [4.69, 9.17) is 10.5 Å². The van der Waals surface area contributed by atoms with Crippen LogP contribution >= 0.6 is 12.4 Å². The van der Waals surface area contributed by atoms with Gasteiger partial charge in [0.25, 0.3) is 0 Å². The largest absolute Gasteiger partial charge is 0.492 e. The lowest BCUT2D eigenvalue weighted by atomic mass is 10.3. The van der Waals surface area contributed by atoms with E-state index in [0.717, 1.165) is 0 Å². The Labute approximate surface area is 144 Å². The highest BCUT2D eigenvalue weighted by Gasteiger charge is 2.42. The first-order valence-electron chi connectivity index (χ1n) is 6.80. The zero-order chi connectivity index (χ0) is 17.0. The molecule has 0 atom stereocenters. The summed E-state index contributed by atoms with van der Waals surface area (Å²) in [6.07, 6.45) is 0. The van der Waals surface area contributed by atoms with E-state index in [0.29, 0.717) is 34.4 Å². The van der Waals surface area contributed by atoms with Gasteiger partial charge in [0.2, 0.25) is 5.91 Å². The summed E-state index contributed by atoms with van der Waals surface area (Å²) in [6.45, 7) is 0.245. The molecule has 0 saturated carbocycles. The molecule has 0 bridgehead atoms. The second-order valence-corrected chi connectivity index (χ2v) is 4.75. The number of nitrogens with two attached hydrogens (primary N) is 1. The summed E-state index contributed by atoms with van der Waals surface area (Å²) < 4.78 is 5.30. The summed E-state index contributed by atoms with van der Waals surface area (Å²) in [5.41, 5.74) is 5.79. The van der Waals surface area contributed by atoms with Crippen LogP contribution in [0.25, 0.3) is 0 Å². The number of nitrogens with one attached hydrogen (secondary N) is 1. The highest BCUT2D eigenvalue weighted by molar-refractivity contribution is 6.44. The Hall–Kier alpha value is -2.65. The Morgan fingerprint density at radius 1 is 1.17 bits per heavy atom. The molecule has 1 aliphatic rings. The molecule has 24 heavy (non-hydrogen) atoms. The lowest BCUT2D eigenvalue weighted by molar-refractivity contribution is -0.143. The van der Waals surface area contributed by atoms with Crippen molar-refractivity contribution in [3.05, 3.63) is 24.3 Å². The van der Waals surface area contributed by atoms with Gasteiger partial charge in [-0.1, -0.05) is 0 Å². The average molecular weight is 357 g/mol. The maximum Gasteiger partial charge on any atom is 0.334 e. The number of likely N-dealkylation sites (N-methyl/N-ethyl adjacent to an activating group) is 1. The number of carbonyl (C=O) groups excluding carboxylic acids is 4. The molecule has 0 aliphatic carbocycles. The van der Waals surface area contributed by atoms with Crippen LogP contribution in [0.1, 0.15) is 0 Å². The average Bonchev–Trinajstić information content (AvgIpc) is 2.72. The fraction of sp³-hybridized carbons (Fsp3) is 0.286. The number of hydrogen-bond acceptors (Lipinski definition) is 6. The molecular formula is C14H17ClN4O5. The number of ether oxygens (including phenoxy) is 1. The van der Waals surface area contributed by atoms with E-state index < -0.39 is 30.3 Å². The molecule has 1 aromatic rings. The Balaban J connectivity index is 0.00000288. The summed E-state index contributed by atoms with van der Waals surface area (Å²) >= 11 is 0. The van der Waals surface area contributed by atoms with Crippen LogP contribution in [-0.4, -0.2) is 60.3 Å². The third-order valence-corrected chi connectivity index (χ3v) is 3.08. The first kappa shape index (κ1) is 19.4.